The molecule has 0 aromatic heterocycles. The maximum atomic E-state index is 6.00. The van der Waals surface area contributed by atoms with Crippen molar-refractivity contribution < 1.29 is 14.2 Å². The topological polar surface area (TPSA) is 53.7 Å². The average Bonchev–Trinajstić information content (AvgIpc) is 2.81. The number of rotatable bonds is 9. The smallest absolute Gasteiger partial charge is 0.0701 e. The molecule has 4 heteroatoms. The number of nitrogens with two attached hydrogens (primary N) is 1. The molecule has 1 rings (SSSR count). The third kappa shape index (κ3) is 5.80. The molecule has 1 fully saturated rings. The third-order valence-electron chi connectivity index (χ3n) is 2.89. The van der Waals surface area contributed by atoms with Gasteiger partial charge < -0.3 is 19.9 Å². The van der Waals surface area contributed by atoms with E-state index in [9.17, 15) is 0 Å². The van der Waals surface area contributed by atoms with Crippen molar-refractivity contribution in [2.24, 2.45) is 11.7 Å². The minimum atomic E-state index is 0.109. The lowest BCUT2D eigenvalue weighted by atomic mass is 10.0. The second-order valence-electron chi connectivity index (χ2n) is 4.33. The molecule has 2 unspecified atom stereocenters. The van der Waals surface area contributed by atoms with Crippen LogP contribution < -0.4 is 5.73 Å². The highest BCUT2D eigenvalue weighted by Crippen LogP contribution is 2.15. The fraction of sp³-hybridized carbons (Fsp3) is 1.00. The van der Waals surface area contributed by atoms with Crippen molar-refractivity contribution in [3.05, 3.63) is 0 Å². The zero-order valence-electron chi connectivity index (χ0n) is 10.3. The standard InChI is InChI=1S/C12H25NO3/c1-2-3-5-14-7-8-16-10-12(13)11-4-6-15-9-11/h11-12H,2-10,13H2,1H3. The summed E-state index contributed by atoms with van der Waals surface area (Å²) < 4.78 is 16.2. The van der Waals surface area contributed by atoms with Crippen LogP contribution in [-0.4, -0.2) is 45.7 Å². The molecule has 1 saturated heterocycles. The summed E-state index contributed by atoms with van der Waals surface area (Å²) in [5.41, 5.74) is 6.00. The van der Waals surface area contributed by atoms with E-state index >= 15 is 0 Å². The highest BCUT2D eigenvalue weighted by molar-refractivity contribution is 4.75. The summed E-state index contributed by atoms with van der Waals surface area (Å²) in [5, 5.41) is 0. The first-order valence-electron chi connectivity index (χ1n) is 6.33. The van der Waals surface area contributed by atoms with E-state index in [-0.39, 0.29) is 6.04 Å². The summed E-state index contributed by atoms with van der Waals surface area (Å²) in [6.07, 6.45) is 3.36. The average molecular weight is 231 g/mol. The van der Waals surface area contributed by atoms with Gasteiger partial charge in [-0.2, -0.15) is 0 Å². The first-order valence-corrected chi connectivity index (χ1v) is 6.33. The molecule has 96 valence electrons. The number of unbranched alkanes of at least 4 members (excludes halogenated alkanes) is 1. The Morgan fingerprint density at radius 1 is 1.31 bits per heavy atom. The van der Waals surface area contributed by atoms with Gasteiger partial charge in [-0.05, 0) is 12.8 Å². The monoisotopic (exact) mass is 231 g/mol. The van der Waals surface area contributed by atoms with E-state index in [0.717, 1.165) is 32.7 Å². The van der Waals surface area contributed by atoms with Gasteiger partial charge in [-0.1, -0.05) is 13.3 Å². The highest BCUT2D eigenvalue weighted by atomic mass is 16.5. The summed E-state index contributed by atoms with van der Waals surface area (Å²) in [6, 6.07) is 0.109. The lowest BCUT2D eigenvalue weighted by molar-refractivity contribution is 0.0353. The minimum Gasteiger partial charge on any atom is -0.381 e. The molecule has 0 aromatic rings. The summed E-state index contributed by atoms with van der Waals surface area (Å²) in [6.45, 7) is 6.56. The molecule has 0 saturated carbocycles. The molecule has 0 bridgehead atoms. The Balaban J connectivity index is 1.86. The van der Waals surface area contributed by atoms with Gasteiger partial charge in [-0.3, -0.25) is 0 Å². The molecule has 0 aromatic carbocycles. The summed E-state index contributed by atoms with van der Waals surface area (Å²) in [7, 11) is 0. The van der Waals surface area contributed by atoms with Gasteiger partial charge in [0.05, 0.1) is 26.4 Å². The highest BCUT2D eigenvalue weighted by Gasteiger charge is 2.22. The van der Waals surface area contributed by atoms with Crippen LogP contribution in [0.2, 0.25) is 0 Å². The van der Waals surface area contributed by atoms with Crippen LogP contribution in [0.1, 0.15) is 26.2 Å². The van der Waals surface area contributed by atoms with E-state index in [1.54, 1.807) is 0 Å². The maximum Gasteiger partial charge on any atom is 0.0701 e. The number of hydrogen-bond donors (Lipinski definition) is 1. The molecule has 1 aliphatic heterocycles. The van der Waals surface area contributed by atoms with Crippen LogP contribution in [0.3, 0.4) is 0 Å². The Morgan fingerprint density at radius 3 is 2.81 bits per heavy atom. The van der Waals surface area contributed by atoms with E-state index in [1.807, 2.05) is 0 Å². The summed E-state index contributed by atoms with van der Waals surface area (Å²) in [5.74, 6) is 0.473. The van der Waals surface area contributed by atoms with Gasteiger partial charge in [-0.25, -0.2) is 0 Å². The van der Waals surface area contributed by atoms with Crippen LogP contribution >= 0.6 is 0 Å². The van der Waals surface area contributed by atoms with Gasteiger partial charge in [0.1, 0.15) is 0 Å². The molecular formula is C12H25NO3. The molecule has 0 aliphatic carbocycles. The van der Waals surface area contributed by atoms with E-state index in [1.165, 1.54) is 6.42 Å². The van der Waals surface area contributed by atoms with Crippen molar-refractivity contribution in [1.29, 1.82) is 0 Å². The van der Waals surface area contributed by atoms with Crippen molar-refractivity contribution in [3.63, 3.8) is 0 Å². The molecule has 0 amide bonds. The lowest BCUT2D eigenvalue weighted by Crippen LogP contribution is -2.35. The quantitative estimate of drug-likeness (QED) is 0.605. The number of ether oxygens (including phenoxy) is 3. The molecule has 0 radical (unpaired) electrons. The second kappa shape index (κ2) is 8.93. The van der Waals surface area contributed by atoms with Gasteiger partial charge in [0.2, 0.25) is 0 Å². The molecule has 16 heavy (non-hydrogen) atoms. The van der Waals surface area contributed by atoms with Crippen molar-refractivity contribution in [2.75, 3.05) is 39.6 Å². The molecule has 1 heterocycles. The first kappa shape index (κ1) is 13.9. The molecule has 0 spiro atoms. The van der Waals surface area contributed by atoms with Gasteiger partial charge in [-0.15, -0.1) is 0 Å². The molecule has 4 nitrogen and oxygen atoms in total. The molecule has 1 aliphatic rings. The van der Waals surface area contributed by atoms with Crippen LogP contribution in [0.15, 0.2) is 0 Å². The van der Waals surface area contributed by atoms with Crippen molar-refractivity contribution in [3.8, 4) is 0 Å². The Morgan fingerprint density at radius 2 is 2.12 bits per heavy atom. The molecular weight excluding hydrogens is 206 g/mol. The SMILES string of the molecule is CCCCOCCOCC(N)C1CCOC1. The van der Waals surface area contributed by atoms with Crippen molar-refractivity contribution in [1.82, 2.24) is 0 Å². The van der Waals surface area contributed by atoms with E-state index < -0.39 is 0 Å². The van der Waals surface area contributed by atoms with Crippen LogP contribution in [0, 0.1) is 5.92 Å². The largest absolute Gasteiger partial charge is 0.381 e. The van der Waals surface area contributed by atoms with Gasteiger partial charge in [0.15, 0.2) is 0 Å². The van der Waals surface area contributed by atoms with Crippen molar-refractivity contribution >= 4 is 0 Å². The lowest BCUT2D eigenvalue weighted by Gasteiger charge is -2.17. The third-order valence-corrected chi connectivity index (χ3v) is 2.89. The Bertz CT molecular complexity index is 160. The predicted molar refractivity (Wildman–Crippen MR) is 63.4 cm³/mol. The molecule has 2 N–H and O–H groups in total. The Kier molecular flexibility index (Phi) is 7.76. The Labute approximate surface area is 98.4 Å². The molecule has 2 atom stereocenters. The van der Waals surface area contributed by atoms with Crippen LogP contribution in [0.4, 0.5) is 0 Å². The minimum absolute atomic E-state index is 0.109. The van der Waals surface area contributed by atoms with Crippen LogP contribution in [-0.2, 0) is 14.2 Å². The number of hydrogen-bond acceptors (Lipinski definition) is 4. The van der Waals surface area contributed by atoms with Crippen LogP contribution in [0.25, 0.3) is 0 Å². The Hall–Kier alpha value is -0.160. The zero-order chi connectivity index (χ0) is 11.6. The second-order valence-corrected chi connectivity index (χ2v) is 4.33. The van der Waals surface area contributed by atoms with Gasteiger partial charge in [0, 0.05) is 25.2 Å². The van der Waals surface area contributed by atoms with Crippen molar-refractivity contribution in [2.45, 2.75) is 32.2 Å². The normalized spacial score (nSPS) is 22.5. The van der Waals surface area contributed by atoms with Gasteiger partial charge in [0.25, 0.3) is 0 Å². The first-order chi connectivity index (χ1) is 7.84. The fourth-order valence-corrected chi connectivity index (χ4v) is 1.71. The van der Waals surface area contributed by atoms with Gasteiger partial charge >= 0.3 is 0 Å². The zero-order valence-corrected chi connectivity index (χ0v) is 10.3. The van der Waals surface area contributed by atoms with E-state index in [2.05, 4.69) is 6.92 Å². The fourth-order valence-electron chi connectivity index (χ4n) is 1.71. The van der Waals surface area contributed by atoms with Crippen LogP contribution in [0.5, 0.6) is 0 Å². The summed E-state index contributed by atoms with van der Waals surface area (Å²) >= 11 is 0. The predicted octanol–water partition coefficient (Wildman–Crippen LogP) is 1.18. The van der Waals surface area contributed by atoms with E-state index in [0.29, 0.717) is 25.7 Å². The summed E-state index contributed by atoms with van der Waals surface area (Å²) in [4.78, 5) is 0. The maximum absolute atomic E-state index is 6.00. The van der Waals surface area contributed by atoms with E-state index in [4.69, 9.17) is 19.9 Å².